The summed E-state index contributed by atoms with van der Waals surface area (Å²) in [5.41, 5.74) is 3.75. The molecule has 0 aliphatic heterocycles. The minimum Gasteiger partial charge on any atom is -0.512 e. The van der Waals surface area contributed by atoms with Crippen molar-refractivity contribution in [3.05, 3.63) is 90.0 Å². The van der Waals surface area contributed by atoms with Crippen molar-refractivity contribution in [3.63, 3.8) is 0 Å². The molecule has 0 atom stereocenters. The Hall–Kier alpha value is -3.31. The zero-order valence-corrected chi connectivity index (χ0v) is 33.8. The van der Waals surface area contributed by atoms with Crippen LogP contribution in [-0.4, -0.2) is 15.9 Å². The van der Waals surface area contributed by atoms with Crippen LogP contribution < -0.4 is 0 Å². The van der Waals surface area contributed by atoms with Crippen molar-refractivity contribution in [3.8, 4) is 11.3 Å². The fourth-order valence-electron chi connectivity index (χ4n) is 6.24. The maximum Gasteiger partial charge on any atom is 0.164 e. The number of rotatable bonds is 8. The first-order valence-corrected chi connectivity index (χ1v) is 18.1. The number of fused-ring (bicyclic) bond motifs is 6. The number of hydrogen-bond donors (Lipinski definition) is 1. The van der Waals surface area contributed by atoms with Crippen LogP contribution in [0.5, 0.6) is 0 Å². The molecule has 3 aromatic carbocycles. The van der Waals surface area contributed by atoms with Gasteiger partial charge in [-0.15, -0.1) is 40.5 Å². The maximum atomic E-state index is 12.2. The zero-order valence-electron chi connectivity index (χ0n) is 30.6. The van der Waals surface area contributed by atoms with E-state index in [-0.39, 0.29) is 47.9 Å². The molecule has 3 heterocycles. The number of carbonyl (C=O) groups excluding carboxylic acids is 1. The van der Waals surface area contributed by atoms with Crippen LogP contribution in [-0.2, 0) is 30.3 Å². The van der Waals surface area contributed by atoms with Gasteiger partial charge in [0.05, 0.1) is 4.70 Å². The molecule has 261 valence electrons. The van der Waals surface area contributed by atoms with Gasteiger partial charge in [-0.1, -0.05) is 104 Å². The van der Waals surface area contributed by atoms with Crippen LogP contribution in [0.2, 0.25) is 0 Å². The molecule has 0 unspecified atom stereocenters. The first-order chi connectivity index (χ1) is 22.7. The summed E-state index contributed by atoms with van der Waals surface area (Å²) >= 11 is 1.77. The standard InChI is InChI=1S/C28H22NOS.C15H28O2.Ir/c1-16-13-18-9-10-21-22-11-12-29-24(26(22)31-27(21)25(18)30-16)19-14-17-7-5-6-8-20(17)23(15-19)28(2,3)4;1-7-14(5,8-2)12(16)11-13(17)15(6,9-3)10-4;/h5-13,15H,1-4H3;11,16H,7-10H2,1-6H3;/q-1;;/b;12-11-;. The number of pyridine rings is 1. The van der Waals surface area contributed by atoms with Crippen molar-refractivity contribution in [1.29, 1.82) is 0 Å². The predicted octanol–water partition coefficient (Wildman–Crippen LogP) is 13.1. The van der Waals surface area contributed by atoms with Gasteiger partial charge in [0.15, 0.2) is 11.4 Å². The van der Waals surface area contributed by atoms with Gasteiger partial charge >= 0.3 is 0 Å². The second-order valence-corrected chi connectivity index (χ2v) is 15.7. The van der Waals surface area contributed by atoms with Gasteiger partial charge in [-0.25, -0.2) is 0 Å². The van der Waals surface area contributed by atoms with E-state index in [4.69, 9.17) is 9.40 Å². The van der Waals surface area contributed by atoms with Gasteiger partial charge in [-0.3, -0.25) is 9.78 Å². The van der Waals surface area contributed by atoms with Crippen LogP contribution in [0.1, 0.15) is 99.3 Å². The number of carbonyl (C=O) groups is 1. The molecule has 1 N–H and O–H groups in total. The number of aliphatic hydroxyl groups is 1. The number of nitrogens with zero attached hydrogens (tertiary/aromatic N) is 1. The Balaban J connectivity index is 0.000000260. The van der Waals surface area contributed by atoms with Crippen LogP contribution in [0.4, 0.5) is 0 Å². The molecule has 0 amide bonds. The summed E-state index contributed by atoms with van der Waals surface area (Å²) < 4.78 is 8.43. The van der Waals surface area contributed by atoms with E-state index < -0.39 is 0 Å². The molecule has 6 heteroatoms. The largest absolute Gasteiger partial charge is 0.512 e. The maximum absolute atomic E-state index is 12.2. The Bertz CT molecular complexity index is 2140. The first-order valence-electron chi connectivity index (χ1n) is 17.3. The summed E-state index contributed by atoms with van der Waals surface area (Å²) in [6, 6.07) is 23.0. The number of benzene rings is 3. The molecule has 0 saturated heterocycles. The van der Waals surface area contributed by atoms with Crippen LogP contribution in [0.3, 0.4) is 0 Å². The van der Waals surface area contributed by atoms with E-state index in [1.54, 1.807) is 11.3 Å². The molecule has 3 aromatic heterocycles. The normalized spacial score (nSPS) is 12.7. The van der Waals surface area contributed by atoms with Crippen LogP contribution in [0.15, 0.2) is 77.0 Å². The Kier molecular flexibility index (Phi) is 11.7. The smallest absolute Gasteiger partial charge is 0.164 e. The summed E-state index contributed by atoms with van der Waals surface area (Å²) in [4.78, 5) is 17.0. The number of ketones is 1. The van der Waals surface area contributed by atoms with Crippen LogP contribution >= 0.6 is 11.3 Å². The fourth-order valence-corrected chi connectivity index (χ4v) is 7.53. The monoisotopic (exact) mass is 853 g/mol. The third kappa shape index (κ3) is 7.43. The predicted molar refractivity (Wildman–Crippen MR) is 205 cm³/mol. The second kappa shape index (κ2) is 14.9. The quantitative estimate of drug-likeness (QED) is 0.0941. The van der Waals surface area contributed by atoms with Crippen molar-refractivity contribution in [2.24, 2.45) is 10.8 Å². The van der Waals surface area contributed by atoms with E-state index in [0.29, 0.717) is 0 Å². The van der Waals surface area contributed by atoms with Crippen molar-refractivity contribution >= 4 is 59.0 Å². The van der Waals surface area contributed by atoms with Gasteiger partial charge < -0.3 is 9.52 Å². The minimum atomic E-state index is -0.337. The van der Waals surface area contributed by atoms with Crippen molar-refractivity contribution in [2.75, 3.05) is 0 Å². The molecule has 6 rings (SSSR count). The number of aryl methyl sites for hydroxylation is 1. The molecular weight excluding hydrogens is 803 g/mol. The van der Waals surface area contributed by atoms with E-state index in [1.807, 2.05) is 54.7 Å². The number of aromatic nitrogens is 1. The van der Waals surface area contributed by atoms with E-state index >= 15 is 0 Å². The van der Waals surface area contributed by atoms with Gasteiger partial charge in [-0.05, 0) is 55.5 Å². The van der Waals surface area contributed by atoms with E-state index in [9.17, 15) is 9.90 Å². The molecule has 0 aliphatic carbocycles. The molecule has 0 fully saturated rings. The molecular formula is C43H50IrNO3S-. The van der Waals surface area contributed by atoms with Gasteiger partial charge in [0.25, 0.3) is 0 Å². The van der Waals surface area contributed by atoms with Gasteiger partial charge in [0, 0.05) is 64.4 Å². The SMILES string of the molecule is CCC(C)(CC)C(=O)/C=C(\O)C(C)(CC)CC.Cc1cc2ccc3c4ccnc(-c5[c-]c6ccccc6c(C(C)(C)C)c5)c4sc3c2o1.[Ir]. The number of hydrogen-bond acceptors (Lipinski definition) is 5. The van der Waals surface area contributed by atoms with Gasteiger partial charge in [0.1, 0.15) is 11.5 Å². The van der Waals surface area contributed by atoms with E-state index in [0.717, 1.165) is 59.1 Å². The van der Waals surface area contributed by atoms with Crippen LogP contribution in [0, 0.1) is 23.8 Å². The molecule has 0 spiro atoms. The molecule has 4 nitrogen and oxygen atoms in total. The summed E-state index contributed by atoms with van der Waals surface area (Å²) in [7, 11) is 0. The summed E-state index contributed by atoms with van der Waals surface area (Å²) in [5.74, 6) is 1.23. The number of furan rings is 1. The molecule has 0 aliphatic rings. The summed E-state index contributed by atoms with van der Waals surface area (Å²) in [6.45, 7) is 20.9. The number of allylic oxidation sites excluding steroid dienone is 2. The van der Waals surface area contributed by atoms with Crippen molar-refractivity contribution in [2.45, 2.75) is 100 Å². The topological polar surface area (TPSA) is 63.3 Å². The molecule has 0 saturated carbocycles. The Morgan fingerprint density at radius 1 is 0.857 bits per heavy atom. The van der Waals surface area contributed by atoms with Crippen molar-refractivity contribution < 1.29 is 34.4 Å². The Labute approximate surface area is 309 Å². The summed E-state index contributed by atoms with van der Waals surface area (Å²) in [6.07, 6.45) is 6.67. The van der Waals surface area contributed by atoms with Crippen molar-refractivity contribution in [1.82, 2.24) is 4.98 Å². The number of thiophene rings is 1. The first kappa shape index (κ1) is 38.5. The zero-order chi connectivity index (χ0) is 35.0. The molecule has 6 aromatic rings. The summed E-state index contributed by atoms with van der Waals surface area (Å²) in [5, 5.41) is 16.1. The average molecular weight is 853 g/mol. The fraction of sp³-hybridized carbons (Fsp3) is 0.395. The van der Waals surface area contributed by atoms with Gasteiger partial charge in [0.2, 0.25) is 0 Å². The third-order valence-corrected chi connectivity index (χ3v) is 11.8. The van der Waals surface area contributed by atoms with Crippen LogP contribution in [0.25, 0.3) is 53.2 Å². The van der Waals surface area contributed by atoms with E-state index in [1.165, 1.54) is 37.2 Å². The van der Waals surface area contributed by atoms with E-state index in [2.05, 4.69) is 81.4 Å². The van der Waals surface area contributed by atoms with Gasteiger partial charge in [-0.2, -0.15) is 0 Å². The molecule has 1 radical (unpaired) electrons. The Morgan fingerprint density at radius 3 is 2.12 bits per heavy atom. The second-order valence-electron chi connectivity index (χ2n) is 14.7. The minimum absolute atomic E-state index is 0. The number of aliphatic hydroxyl groups excluding tert-OH is 1. The Morgan fingerprint density at radius 2 is 1.49 bits per heavy atom. The third-order valence-electron chi connectivity index (χ3n) is 10.6. The molecule has 0 bridgehead atoms. The molecule has 49 heavy (non-hydrogen) atoms. The average Bonchev–Trinajstić information content (AvgIpc) is 3.66.